The van der Waals surface area contributed by atoms with E-state index in [1.807, 2.05) is 0 Å². The molecule has 100 valence electrons. The monoisotopic (exact) mass is 263 g/mol. The van der Waals surface area contributed by atoms with Crippen LogP contribution in [0.15, 0.2) is 11.8 Å². The van der Waals surface area contributed by atoms with Gasteiger partial charge in [0.2, 0.25) is 0 Å². The Bertz CT molecular complexity index is 424. The number of carbonyl (C=O) groups is 2. The van der Waals surface area contributed by atoms with Gasteiger partial charge in [0.25, 0.3) is 5.78 Å². The Balaban J connectivity index is 2.20. The second-order valence-electron chi connectivity index (χ2n) is 4.48. The number of halogens is 3. The molecule has 1 amide bonds. The van der Waals surface area contributed by atoms with Crippen molar-refractivity contribution in [3.63, 3.8) is 0 Å². The van der Waals surface area contributed by atoms with Gasteiger partial charge in [-0.15, -0.1) is 0 Å². The number of hydrogen-bond donors (Lipinski definition) is 0. The number of rotatable bonds is 2. The lowest BCUT2D eigenvalue weighted by atomic mass is 9.95. The molecular weight excluding hydrogens is 251 g/mol. The van der Waals surface area contributed by atoms with E-state index in [0.717, 1.165) is 11.1 Å². The van der Waals surface area contributed by atoms with E-state index in [9.17, 15) is 22.8 Å². The lowest BCUT2D eigenvalue weighted by molar-refractivity contribution is -0.167. The van der Waals surface area contributed by atoms with Gasteiger partial charge < -0.3 is 4.74 Å². The number of amides is 1. The minimum absolute atomic E-state index is 0.100. The van der Waals surface area contributed by atoms with Crippen LogP contribution in [0.5, 0.6) is 0 Å². The Morgan fingerprint density at radius 1 is 1.44 bits per heavy atom. The predicted octanol–water partition coefficient (Wildman–Crippen LogP) is 2.25. The first-order valence-corrected chi connectivity index (χ1v) is 5.57. The van der Waals surface area contributed by atoms with Crippen LogP contribution in [-0.2, 0) is 9.53 Å². The Hall–Kier alpha value is -1.53. The van der Waals surface area contributed by atoms with Gasteiger partial charge in [-0.2, -0.15) is 13.2 Å². The molecule has 1 saturated carbocycles. The zero-order chi connectivity index (χ0) is 13.6. The first-order valence-electron chi connectivity index (χ1n) is 5.57. The van der Waals surface area contributed by atoms with E-state index >= 15 is 0 Å². The zero-order valence-corrected chi connectivity index (χ0v) is 9.71. The number of Topliss-reactive ketones (excluding diaryl/α,β-unsaturated/α-hetero) is 1. The molecule has 0 radical (unpaired) electrons. The summed E-state index contributed by atoms with van der Waals surface area (Å²) in [5, 5.41) is 0. The summed E-state index contributed by atoms with van der Waals surface area (Å²) in [6.07, 6.45) is -3.63. The van der Waals surface area contributed by atoms with Crippen LogP contribution in [0.1, 0.15) is 19.8 Å². The van der Waals surface area contributed by atoms with E-state index in [0.29, 0.717) is 12.8 Å². The molecule has 2 aliphatic rings. The molecule has 7 heteroatoms. The van der Waals surface area contributed by atoms with E-state index in [-0.39, 0.29) is 18.7 Å². The molecule has 4 nitrogen and oxygen atoms in total. The number of hydrogen-bond acceptors (Lipinski definition) is 3. The van der Waals surface area contributed by atoms with Crippen LogP contribution in [0.4, 0.5) is 18.0 Å². The van der Waals surface area contributed by atoms with Crippen LogP contribution in [0, 0.1) is 5.41 Å². The lowest BCUT2D eigenvalue weighted by Crippen LogP contribution is -2.29. The highest BCUT2D eigenvalue weighted by atomic mass is 19.4. The largest absolute Gasteiger partial charge is 0.454 e. The van der Waals surface area contributed by atoms with E-state index in [2.05, 4.69) is 0 Å². The number of ether oxygens (including phenoxy) is 1. The summed E-state index contributed by atoms with van der Waals surface area (Å²) < 4.78 is 42.0. The average Bonchev–Trinajstić information content (AvgIpc) is 2.90. The topological polar surface area (TPSA) is 46.6 Å². The van der Waals surface area contributed by atoms with Crippen LogP contribution in [0.3, 0.4) is 0 Å². The molecule has 0 aromatic rings. The van der Waals surface area contributed by atoms with Crippen molar-refractivity contribution in [2.75, 3.05) is 13.2 Å². The fourth-order valence-electron chi connectivity index (χ4n) is 2.10. The quantitative estimate of drug-likeness (QED) is 0.767. The Morgan fingerprint density at radius 3 is 2.50 bits per heavy atom. The first kappa shape index (κ1) is 12.9. The smallest absolute Gasteiger partial charge is 0.449 e. The van der Waals surface area contributed by atoms with E-state index in [1.165, 1.54) is 0 Å². The summed E-state index contributed by atoms with van der Waals surface area (Å²) in [4.78, 5) is 23.8. The predicted molar refractivity (Wildman–Crippen MR) is 54.5 cm³/mol. The molecular formula is C11H12F3NO3. The molecule has 0 aromatic heterocycles. The molecule has 2 rings (SSSR count). The fourth-order valence-corrected chi connectivity index (χ4v) is 2.10. The van der Waals surface area contributed by atoms with Crippen LogP contribution in [0.2, 0.25) is 0 Å². The molecule has 1 aliphatic heterocycles. The first-order chi connectivity index (χ1) is 8.30. The maximum atomic E-state index is 12.4. The van der Waals surface area contributed by atoms with Gasteiger partial charge in [0, 0.05) is 23.7 Å². The van der Waals surface area contributed by atoms with E-state index < -0.39 is 23.5 Å². The van der Waals surface area contributed by atoms with Crippen LogP contribution < -0.4 is 0 Å². The highest BCUT2D eigenvalue weighted by Crippen LogP contribution is 2.56. The molecule has 1 spiro atoms. The summed E-state index contributed by atoms with van der Waals surface area (Å²) in [6.45, 7) is 1.84. The van der Waals surface area contributed by atoms with Gasteiger partial charge in [0.15, 0.2) is 0 Å². The summed E-state index contributed by atoms with van der Waals surface area (Å²) in [5.41, 5.74) is -1.11. The van der Waals surface area contributed by atoms with Crippen molar-refractivity contribution in [2.45, 2.75) is 25.9 Å². The molecule has 1 heterocycles. The highest BCUT2D eigenvalue weighted by Gasteiger charge is 2.58. The number of carbonyl (C=O) groups excluding carboxylic acids is 2. The van der Waals surface area contributed by atoms with E-state index in [1.54, 1.807) is 6.92 Å². The summed E-state index contributed by atoms with van der Waals surface area (Å²) in [7, 11) is 0. The van der Waals surface area contributed by atoms with Gasteiger partial charge in [-0.05, 0) is 19.8 Å². The normalized spacial score (nSPS) is 20.9. The molecule has 0 aromatic carbocycles. The third-order valence-corrected chi connectivity index (χ3v) is 3.19. The summed E-state index contributed by atoms with van der Waals surface area (Å²) in [6, 6.07) is 0. The zero-order valence-electron chi connectivity index (χ0n) is 9.71. The average molecular weight is 263 g/mol. The van der Waals surface area contributed by atoms with Crippen molar-refractivity contribution in [1.82, 2.24) is 4.90 Å². The van der Waals surface area contributed by atoms with Crippen molar-refractivity contribution in [1.29, 1.82) is 0 Å². The van der Waals surface area contributed by atoms with Crippen LogP contribution >= 0.6 is 0 Å². The summed E-state index contributed by atoms with van der Waals surface area (Å²) >= 11 is 0. The summed E-state index contributed by atoms with van der Waals surface area (Å²) in [5.74, 6) is -1.85. The van der Waals surface area contributed by atoms with Crippen LogP contribution in [0.25, 0.3) is 0 Å². The minimum Gasteiger partial charge on any atom is -0.449 e. The fraction of sp³-hybridized carbons (Fsp3) is 0.636. The van der Waals surface area contributed by atoms with Gasteiger partial charge in [-0.25, -0.2) is 4.79 Å². The van der Waals surface area contributed by atoms with Crippen molar-refractivity contribution in [3.05, 3.63) is 11.8 Å². The Kier molecular flexibility index (Phi) is 2.87. The van der Waals surface area contributed by atoms with Gasteiger partial charge >= 0.3 is 12.3 Å². The van der Waals surface area contributed by atoms with Gasteiger partial charge in [-0.1, -0.05) is 0 Å². The van der Waals surface area contributed by atoms with Crippen molar-refractivity contribution in [3.8, 4) is 0 Å². The van der Waals surface area contributed by atoms with Gasteiger partial charge in [0.1, 0.15) is 0 Å². The third kappa shape index (κ3) is 2.09. The third-order valence-electron chi connectivity index (χ3n) is 3.19. The van der Waals surface area contributed by atoms with Crippen molar-refractivity contribution < 1.29 is 27.5 Å². The molecule has 0 bridgehead atoms. The van der Waals surface area contributed by atoms with Gasteiger partial charge in [-0.3, -0.25) is 9.69 Å². The van der Waals surface area contributed by atoms with Crippen molar-refractivity contribution in [2.24, 2.45) is 5.41 Å². The second kappa shape index (κ2) is 4.00. The molecule has 18 heavy (non-hydrogen) atoms. The molecule has 0 saturated heterocycles. The standard InChI is InChI=1S/C11H12F3NO3/c1-2-18-9(17)15-5-7(8(16)11(12,13)14)10(6-15)3-4-10/h5H,2-4,6H2,1H3. The Morgan fingerprint density at radius 2 is 2.06 bits per heavy atom. The lowest BCUT2D eigenvalue weighted by Gasteiger charge is -2.15. The SMILES string of the molecule is CCOC(=O)N1C=C(C(=O)C(F)(F)F)C2(CC2)C1. The second-order valence-corrected chi connectivity index (χ2v) is 4.48. The highest BCUT2D eigenvalue weighted by molar-refractivity contribution is 6.02. The number of nitrogens with zero attached hydrogens (tertiary/aromatic N) is 1. The molecule has 0 unspecified atom stereocenters. The number of ketones is 1. The van der Waals surface area contributed by atoms with Crippen molar-refractivity contribution >= 4 is 11.9 Å². The number of alkyl halides is 3. The Labute approximate surface area is 101 Å². The maximum absolute atomic E-state index is 12.4. The van der Waals surface area contributed by atoms with Gasteiger partial charge in [0.05, 0.1) is 6.61 Å². The van der Waals surface area contributed by atoms with Crippen LogP contribution in [-0.4, -0.2) is 36.1 Å². The maximum Gasteiger partial charge on any atom is 0.454 e. The molecule has 0 N–H and O–H groups in total. The van der Waals surface area contributed by atoms with E-state index in [4.69, 9.17) is 4.74 Å². The molecule has 1 aliphatic carbocycles. The molecule has 1 fully saturated rings. The molecule has 0 atom stereocenters. The minimum atomic E-state index is -4.90.